The second kappa shape index (κ2) is 6.59. The van der Waals surface area contributed by atoms with Crippen molar-refractivity contribution in [1.82, 2.24) is 4.90 Å². The number of hydrogen-bond donors (Lipinski definition) is 1. The highest BCUT2D eigenvalue weighted by Crippen LogP contribution is 2.34. The smallest absolute Gasteiger partial charge is 0.118 e. The van der Waals surface area contributed by atoms with Crippen LogP contribution in [-0.2, 0) is 6.42 Å². The number of hydrogen-bond acceptors (Lipinski definition) is 3. The Kier molecular flexibility index (Phi) is 5.06. The first-order valence-corrected chi connectivity index (χ1v) is 7.57. The summed E-state index contributed by atoms with van der Waals surface area (Å²) in [6, 6.07) is 8.36. The van der Waals surface area contributed by atoms with Crippen molar-refractivity contribution in [3.63, 3.8) is 0 Å². The summed E-state index contributed by atoms with van der Waals surface area (Å²) in [7, 11) is 5.82. The third-order valence-corrected chi connectivity index (χ3v) is 4.55. The Hall–Kier alpha value is -1.06. The topological polar surface area (TPSA) is 32.7 Å². The number of ether oxygens (including phenoxy) is 1. The fraction of sp³-hybridized carbons (Fsp3) is 0.647. The molecule has 112 valence electrons. The predicted molar refractivity (Wildman–Crippen MR) is 82.2 cm³/mol. The number of nitrogens with zero attached hydrogens (tertiary/aromatic N) is 1. The Labute approximate surface area is 122 Å². The molecule has 3 heteroatoms. The highest BCUT2D eigenvalue weighted by Gasteiger charge is 2.38. The van der Waals surface area contributed by atoms with Gasteiger partial charge in [0.15, 0.2) is 0 Å². The molecule has 1 aliphatic carbocycles. The lowest BCUT2D eigenvalue weighted by atomic mass is 9.77. The van der Waals surface area contributed by atoms with Gasteiger partial charge in [0, 0.05) is 6.04 Å². The van der Waals surface area contributed by atoms with Gasteiger partial charge >= 0.3 is 0 Å². The molecule has 0 aliphatic heterocycles. The summed E-state index contributed by atoms with van der Waals surface area (Å²) in [5.74, 6) is 0.881. The van der Waals surface area contributed by atoms with Crippen LogP contribution in [-0.4, -0.2) is 42.9 Å². The van der Waals surface area contributed by atoms with E-state index in [1.54, 1.807) is 7.11 Å². The number of rotatable bonds is 5. The van der Waals surface area contributed by atoms with Crippen molar-refractivity contribution in [2.45, 2.75) is 50.2 Å². The monoisotopic (exact) mass is 277 g/mol. The van der Waals surface area contributed by atoms with E-state index in [0.29, 0.717) is 0 Å². The van der Waals surface area contributed by atoms with Crippen LogP contribution in [0.2, 0.25) is 0 Å². The van der Waals surface area contributed by atoms with Gasteiger partial charge in [0.2, 0.25) is 0 Å². The molecular formula is C17H27NO2. The second-order valence-corrected chi connectivity index (χ2v) is 6.20. The van der Waals surface area contributed by atoms with Crippen LogP contribution in [0.25, 0.3) is 0 Å². The standard InChI is InChI=1S/C17H27NO2/c1-18(2)16(17(19)11-5-4-6-12-17)13-14-7-9-15(20-3)10-8-14/h7-10,16,19H,4-6,11-13H2,1-3H3. The zero-order valence-electron chi connectivity index (χ0n) is 12.9. The van der Waals surface area contributed by atoms with Gasteiger partial charge in [-0.1, -0.05) is 31.4 Å². The number of benzene rings is 1. The van der Waals surface area contributed by atoms with Gasteiger partial charge in [-0.2, -0.15) is 0 Å². The molecule has 0 bridgehead atoms. The maximum Gasteiger partial charge on any atom is 0.118 e. The van der Waals surface area contributed by atoms with E-state index < -0.39 is 5.60 Å². The third-order valence-electron chi connectivity index (χ3n) is 4.55. The van der Waals surface area contributed by atoms with Gasteiger partial charge in [-0.15, -0.1) is 0 Å². The Balaban J connectivity index is 2.12. The quantitative estimate of drug-likeness (QED) is 0.898. The van der Waals surface area contributed by atoms with Crippen molar-refractivity contribution < 1.29 is 9.84 Å². The Bertz CT molecular complexity index is 408. The van der Waals surface area contributed by atoms with Gasteiger partial charge in [-0.25, -0.2) is 0 Å². The molecular weight excluding hydrogens is 250 g/mol. The Morgan fingerprint density at radius 2 is 1.75 bits per heavy atom. The van der Waals surface area contributed by atoms with E-state index in [0.717, 1.165) is 37.9 Å². The maximum absolute atomic E-state index is 11.0. The van der Waals surface area contributed by atoms with Crippen LogP contribution in [0.4, 0.5) is 0 Å². The molecule has 0 amide bonds. The zero-order chi connectivity index (χ0) is 14.6. The summed E-state index contributed by atoms with van der Waals surface area (Å²) in [5.41, 5.74) is 0.713. The number of aliphatic hydroxyl groups is 1. The van der Waals surface area contributed by atoms with E-state index >= 15 is 0 Å². The van der Waals surface area contributed by atoms with Gasteiger partial charge in [-0.05, 0) is 51.1 Å². The Morgan fingerprint density at radius 3 is 2.25 bits per heavy atom. The Morgan fingerprint density at radius 1 is 1.15 bits per heavy atom. The van der Waals surface area contributed by atoms with Crippen molar-refractivity contribution in [1.29, 1.82) is 0 Å². The third kappa shape index (κ3) is 3.53. The van der Waals surface area contributed by atoms with Gasteiger partial charge in [-0.3, -0.25) is 0 Å². The zero-order valence-corrected chi connectivity index (χ0v) is 12.9. The van der Waals surface area contributed by atoms with E-state index in [4.69, 9.17) is 4.74 Å². The molecule has 0 saturated heterocycles. The summed E-state index contributed by atoms with van der Waals surface area (Å²) >= 11 is 0. The molecule has 0 spiro atoms. The molecule has 1 atom stereocenters. The van der Waals surface area contributed by atoms with E-state index in [2.05, 4.69) is 31.1 Å². The fourth-order valence-corrected chi connectivity index (χ4v) is 3.34. The molecule has 1 aliphatic rings. The van der Waals surface area contributed by atoms with Gasteiger partial charge < -0.3 is 14.7 Å². The molecule has 1 aromatic carbocycles. The second-order valence-electron chi connectivity index (χ2n) is 6.20. The van der Waals surface area contributed by atoms with Crippen molar-refractivity contribution in [3.05, 3.63) is 29.8 Å². The summed E-state index contributed by atoms with van der Waals surface area (Å²) < 4.78 is 5.20. The van der Waals surface area contributed by atoms with Crippen molar-refractivity contribution in [3.8, 4) is 5.75 Å². The van der Waals surface area contributed by atoms with E-state index in [1.807, 2.05) is 12.1 Å². The number of likely N-dealkylation sites (N-methyl/N-ethyl adjacent to an activating group) is 1. The van der Waals surface area contributed by atoms with E-state index in [-0.39, 0.29) is 6.04 Å². The molecule has 1 fully saturated rings. The maximum atomic E-state index is 11.0. The van der Waals surface area contributed by atoms with Gasteiger partial charge in [0.05, 0.1) is 12.7 Å². The molecule has 2 rings (SSSR count). The van der Waals surface area contributed by atoms with Gasteiger partial charge in [0.1, 0.15) is 5.75 Å². The first-order chi connectivity index (χ1) is 9.55. The molecule has 0 radical (unpaired) electrons. The molecule has 1 saturated carbocycles. The van der Waals surface area contributed by atoms with Crippen molar-refractivity contribution in [2.24, 2.45) is 0 Å². The molecule has 20 heavy (non-hydrogen) atoms. The minimum absolute atomic E-state index is 0.177. The van der Waals surface area contributed by atoms with Crippen LogP contribution in [0.1, 0.15) is 37.7 Å². The van der Waals surface area contributed by atoms with Gasteiger partial charge in [0.25, 0.3) is 0 Å². The first kappa shape index (κ1) is 15.3. The van der Waals surface area contributed by atoms with Crippen LogP contribution in [0, 0.1) is 0 Å². The van der Waals surface area contributed by atoms with Crippen LogP contribution in [0.5, 0.6) is 5.75 Å². The lowest BCUT2D eigenvalue weighted by molar-refractivity contribution is -0.0601. The lowest BCUT2D eigenvalue weighted by Gasteiger charge is -2.42. The average Bonchev–Trinajstić information content (AvgIpc) is 2.45. The SMILES string of the molecule is COc1ccc(CC(N(C)C)C2(O)CCCCC2)cc1. The number of methoxy groups -OCH3 is 1. The highest BCUT2D eigenvalue weighted by atomic mass is 16.5. The molecule has 1 unspecified atom stereocenters. The largest absolute Gasteiger partial charge is 0.497 e. The van der Waals surface area contributed by atoms with Crippen LogP contribution in [0.3, 0.4) is 0 Å². The molecule has 1 N–H and O–H groups in total. The molecule has 3 nitrogen and oxygen atoms in total. The summed E-state index contributed by atoms with van der Waals surface area (Å²) in [6.07, 6.45) is 6.27. The highest BCUT2D eigenvalue weighted by molar-refractivity contribution is 5.28. The fourth-order valence-electron chi connectivity index (χ4n) is 3.34. The normalized spacial score (nSPS) is 19.9. The average molecular weight is 277 g/mol. The van der Waals surface area contributed by atoms with Crippen LogP contribution in [0.15, 0.2) is 24.3 Å². The summed E-state index contributed by atoms with van der Waals surface area (Å²) in [6.45, 7) is 0. The van der Waals surface area contributed by atoms with Crippen LogP contribution < -0.4 is 4.74 Å². The van der Waals surface area contributed by atoms with E-state index in [1.165, 1.54) is 12.0 Å². The summed E-state index contributed by atoms with van der Waals surface area (Å²) in [4.78, 5) is 2.18. The molecule has 1 aromatic rings. The van der Waals surface area contributed by atoms with Crippen molar-refractivity contribution >= 4 is 0 Å². The summed E-state index contributed by atoms with van der Waals surface area (Å²) in [5, 5.41) is 11.0. The minimum Gasteiger partial charge on any atom is -0.497 e. The molecule has 0 heterocycles. The van der Waals surface area contributed by atoms with Crippen LogP contribution >= 0.6 is 0 Å². The first-order valence-electron chi connectivity index (χ1n) is 7.57. The van der Waals surface area contributed by atoms with Crippen molar-refractivity contribution in [2.75, 3.05) is 21.2 Å². The lowest BCUT2D eigenvalue weighted by Crippen LogP contribution is -2.52. The predicted octanol–water partition coefficient (Wildman–Crippen LogP) is 2.86. The minimum atomic E-state index is -0.540. The molecule has 0 aromatic heterocycles. The van der Waals surface area contributed by atoms with E-state index in [9.17, 15) is 5.11 Å².